The molecule has 6 aliphatic rings. The van der Waals surface area contributed by atoms with Gasteiger partial charge in [0.05, 0.1) is 39.7 Å². The fourth-order valence-electron chi connectivity index (χ4n) is 10.8. The number of ketones is 4. The van der Waals surface area contributed by atoms with Crippen molar-refractivity contribution in [3.05, 3.63) is 128 Å². The third-order valence-corrected chi connectivity index (χ3v) is 15.5. The normalized spacial score (nSPS) is 26.9. The van der Waals surface area contributed by atoms with Gasteiger partial charge < -0.3 is 43.6 Å². The van der Waals surface area contributed by atoms with Crippen LogP contribution in [0.5, 0.6) is 34.5 Å². The third-order valence-electron chi connectivity index (χ3n) is 14.3. The second-order valence-corrected chi connectivity index (χ2v) is 19.5. The zero-order valence-corrected chi connectivity index (χ0v) is 41.4. The average molecular weight is 1060 g/mol. The summed E-state index contributed by atoms with van der Waals surface area (Å²) in [6.45, 7) is 4.01. The smallest absolute Gasteiger partial charge is 0.231 e. The minimum Gasteiger partial charge on any atom is -0.496 e. The van der Waals surface area contributed by atoms with Gasteiger partial charge in [0.2, 0.25) is 22.8 Å². The number of rotatable bonds is 8. The van der Waals surface area contributed by atoms with E-state index >= 15 is 0 Å². The number of benzene rings is 4. The molecule has 4 aromatic carbocycles. The van der Waals surface area contributed by atoms with Crippen LogP contribution in [0.4, 0.5) is 0 Å². The molecule has 4 aliphatic heterocycles. The van der Waals surface area contributed by atoms with Gasteiger partial charge in [0, 0.05) is 79.1 Å². The Balaban J connectivity index is 0.000000201. The molecule has 0 amide bonds. The number of hydrogen-bond acceptors (Lipinski definition) is 13. The topological polar surface area (TPSA) is 165 Å². The lowest BCUT2D eigenvalue weighted by molar-refractivity contribution is -0.120. The van der Waals surface area contributed by atoms with Gasteiger partial charge in [-0.05, 0) is 17.5 Å². The SMILES string of the molecule is C.C.COc1cc(OC)c2c(c1Cl)O[C@]1(C2=O)C2=C(C[C@@](O)(c3ccccc3)CCN2)C(=O)C[C@H]1C.COc1cc(OC)c2c(c1Cl)O[C@]1(C2=O)C2=C(C[C@](CCBr)(c3ccccc3)O2)C(=O)C[C@H]1C. The Bertz CT molecular complexity index is 2840. The molecule has 10 rings (SSSR count). The van der Waals surface area contributed by atoms with Crippen LogP contribution in [0, 0.1) is 11.8 Å². The maximum Gasteiger partial charge on any atom is 0.231 e. The van der Waals surface area contributed by atoms with E-state index in [1.807, 2.05) is 74.5 Å². The van der Waals surface area contributed by atoms with E-state index in [-0.39, 0.29) is 89.9 Å². The van der Waals surface area contributed by atoms with E-state index in [9.17, 15) is 24.3 Å². The van der Waals surface area contributed by atoms with Crippen LogP contribution in [0.15, 0.2) is 95.4 Å². The first-order valence-electron chi connectivity index (χ1n) is 22.3. The first kappa shape index (κ1) is 52.3. The first-order valence-corrected chi connectivity index (χ1v) is 24.2. The molecule has 0 aromatic heterocycles. The maximum atomic E-state index is 14.1. The zero-order valence-electron chi connectivity index (χ0n) is 38.3. The molecule has 0 fully saturated rings. The Kier molecular flexibility index (Phi) is 14.6. The number of carbonyl (C=O) groups excluding carboxylic acids is 4. The largest absolute Gasteiger partial charge is 0.496 e. The summed E-state index contributed by atoms with van der Waals surface area (Å²) in [5.74, 6) is 0.190. The van der Waals surface area contributed by atoms with E-state index in [0.717, 1.165) is 11.1 Å². The van der Waals surface area contributed by atoms with Gasteiger partial charge in [-0.15, -0.1) is 0 Å². The summed E-state index contributed by atoms with van der Waals surface area (Å²) in [4.78, 5) is 54.7. The number of Topliss-reactive ketones (excluding diaryl/α,β-unsaturated/α-hetero) is 4. The second-order valence-electron chi connectivity index (χ2n) is 18.0. The average Bonchev–Trinajstić information content (AvgIpc) is 3.95. The van der Waals surface area contributed by atoms with Crippen LogP contribution >= 0.6 is 39.1 Å². The minimum atomic E-state index is -1.50. The third kappa shape index (κ3) is 7.75. The Morgan fingerprint density at radius 2 is 1.14 bits per heavy atom. The molecule has 4 heterocycles. The predicted molar refractivity (Wildman–Crippen MR) is 269 cm³/mol. The van der Waals surface area contributed by atoms with Gasteiger partial charge in [-0.3, -0.25) is 19.2 Å². The van der Waals surface area contributed by atoms with Crippen LogP contribution in [0.25, 0.3) is 0 Å². The molecular weight excluding hydrogens is 1010 g/mol. The molecule has 372 valence electrons. The number of ether oxygens (including phenoxy) is 7. The second kappa shape index (κ2) is 19.6. The number of methoxy groups -OCH3 is 4. The van der Waals surface area contributed by atoms with Crippen LogP contribution < -0.4 is 33.7 Å². The number of nitrogens with one attached hydrogen (secondary N) is 1. The van der Waals surface area contributed by atoms with Crippen molar-refractivity contribution in [3.63, 3.8) is 0 Å². The maximum absolute atomic E-state index is 14.1. The van der Waals surface area contributed by atoms with Crippen molar-refractivity contribution in [1.29, 1.82) is 0 Å². The molecule has 6 atom stereocenters. The van der Waals surface area contributed by atoms with E-state index in [1.165, 1.54) is 28.4 Å². The summed E-state index contributed by atoms with van der Waals surface area (Å²) in [7, 11) is 5.89. The minimum absolute atomic E-state index is 0. The molecule has 16 heteroatoms. The fraction of sp³-hybridized carbons (Fsp3) is 0.407. The highest BCUT2D eigenvalue weighted by Gasteiger charge is 2.66. The van der Waals surface area contributed by atoms with Crippen LogP contribution in [0.2, 0.25) is 10.0 Å². The van der Waals surface area contributed by atoms with Crippen LogP contribution in [-0.4, -0.2) is 79.8 Å². The molecule has 0 bridgehead atoms. The highest BCUT2D eigenvalue weighted by atomic mass is 79.9. The number of hydrogen-bond donors (Lipinski definition) is 2. The van der Waals surface area contributed by atoms with Gasteiger partial charge in [-0.2, -0.15) is 0 Å². The molecule has 0 radical (unpaired) electrons. The molecule has 2 spiro atoms. The molecule has 0 saturated heterocycles. The zero-order chi connectivity index (χ0) is 48.5. The van der Waals surface area contributed by atoms with E-state index in [4.69, 9.17) is 56.4 Å². The van der Waals surface area contributed by atoms with Crippen LogP contribution in [0.1, 0.15) is 99.1 Å². The summed E-state index contributed by atoms with van der Waals surface area (Å²) in [6.07, 6.45) is 1.68. The Labute approximate surface area is 426 Å². The van der Waals surface area contributed by atoms with Gasteiger partial charge in [0.15, 0.2) is 28.8 Å². The molecular formula is C54H58BrCl2NO12. The standard InChI is InChI=1S/C26H24BrClO6.C26H26ClNO6.2CH4/c1-14-11-17(29)16-13-25(9-10-27,15-7-5-4-6-8-15)34-24(16)26(14)23(30)20-18(31-2)12-19(32-3)21(28)22(20)33-26;1-14-11-17(29)16-13-25(31,15-7-5-4-6-8-15)9-10-28-23(16)26(14)24(30)20-18(32-2)12-19(33-3)21(27)22(20)34-26;;/h4-8,12,14H,9-11,13H2,1-3H3;4-8,12,14,28,31H,9-11,13H2,1-3H3;2*1H4/t14-,25-,26-;14-,25-,26+;;/m11../s1. The summed E-state index contributed by atoms with van der Waals surface area (Å²) in [5.41, 5.74) is -1.59. The molecule has 70 heavy (non-hydrogen) atoms. The molecule has 13 nitrogen and oxygen atoms in total. The van der Waals surface area contributed by atoms with Gasteiger partial charge in [0.1, 0.15) is 49.8 Å². The highest BCUT2D eigenvalue weighted by molar-refractivity contribution is 9.09. The molecule has 4 aromatic rings. The van der Waals surface area contributed by atoms with Gasteiger partial charge in [-0.25, -0.2) is 0 Å². The van der Waals surface area contributed by atoms with Crippen molar-refractivity contribution in [2.75, 3.05) is 40.3 Å². The van der Waals surface area contributed by atoms with E-state index in [1.54, 1.807) is 12.1 Å². The monoisotopic (exact) mass is 1060 g/mol. The fourth-order valence-corrected chi connectivity index (χ4v) is 12.0. The number of alkyl halides is 1. The first-order chi connectivity index (χ1) is 32.6. The molecule has 0 saturated carbocycles. The van der Waals surface area contributed by atoms with Crippen molar-refractivity contribution in [2.24, 2.45) is 11.8 Å². The highest BCUT2D eigenvalue weighted by Crippen LogP contribution is 2.60. The van der Waals surface area contributed by atoms with Crippen LogP contribution in [-0.2, 0) is 25.5 Å². The molecule has 2 aliphatic carbocycles. The Morgan fingerprint density at radius 3 is 1.66 bits per heavy atom. The lowest BCUT2D eigenvalue weighted by Gasteiger charge is -2.40. The number of aliphatic hydroxyl groups is 1. The van der Waals surface area contributed by atoms with Crippen molar-refractivity contribution < 1.29 is 57.4 Å². The van der Waals surface area contributed by atoms with E-state index in [0.29, 0.717) is 76.7 Å². The van der Waals surface area contributed by atoms with Crippen molar-refractivity contribution in [2.45, 2.75) is 89.6 Å². The van der Waals surface area contributed by atoms with E-state index in [2.05, 4.69) is 21.2 Å². The molecule has 0 unspecified atom stereocenters. The summed E-state index contributed by atoms with van der Waals surface area (Å²) in [6, 6.07) is 22.2. The Hall–Kier alpha value is -5.54. The summed E-state index contributed by atoms with van der Waals surface area (Å²) in [5, 5.41) is 15.9. The molecule has 2 N–H and O–H groups in total. The van der Waals surface area contributed by atoms with Crippen molar-refractivity contribution in [3.8, 4) is 34.5 Å². The summed E-state index contributed by atoms with van der Waals surface area (Å²) < 4.78 is 41.3. The van der Waals surface area contributed by atoms with E-state index < -0.39 is 34.2 Å². The van der Waals surface area contributed by atoms with Gasteiger partial charge in [-0.1, -0.05) is 128 Å². The van der Waals surface area contributed by atoms with Crippen molar-refractivity contribution >= 4 is 62.3 Å². The van der Waals surface area contributed by atoms with Gasteiger partial charge in [0.25, 0.3) is 0 Å². The number of carbonyl (C=O) groups is 4. The van der Waals surface area contributed by atoms with Crippen molar-refractivity contribution in [1.82, 2.24) is 5.32 Å². The quantitative estimate of drug-likeness (QED) is 0.160. The predicted octanol–water partition coefficient (Wildman–Crippen LogP) is 10.7. The number of fused-ring (bicyclic) bond motifs is 4. The van der Waals surface area contributed by atoms with Gasteiger partial charge >= 0.3 is 0 Å². The Morgan fingerprint density at radius 1 is 0.671 bits per heavy atom. The van der Waals surface area contributed by atoms with Crippen LogP contribution in [0.3, 0.4) is 0 Å². The number of halogens is 3. The lowest BCUT2D eigenvalue weighted by atomic mass is 9.70. The summed E-state index contributed by atoms with van der Waals surface area (Å²) >= 11 is 16.7. The lowest BCUT2D eigenvalue weighted by Crippen LogP contribution is -2.55.